The number of rotatable bonds is 3. The Balaban J connectivity index is 2.48. The smallest absolute Gasteiger partial charge is 0.0701 e. The molecule has 0 aliphatic carbocycles. The quantitative estimate of drug-likeness (QED) is 0.916. The lowest BCUT2D eigenvalue weighted by Crippen LogP contribution is -2.18. The minimum absolute atomic E-state index is 0.120. The fourth-order valence-corrected chi connectivity index (χ4v) is 3.28. The molecule has 2 heterocycles. The van der Waals surface area contributed by atoms with Crippen molar-refractivity contribution in [2.24, 2.45) is 0 Å². The van der Waals surface area contributed by atoms with Crippen LogP contribution in [0.3, 0.4) is 0 Å². The van der Waals surface area contributed by atoms with Gasteiger partial charge >= 0.3 is 0 Å². The molecule has 0 radical (unpaired) electrons. The summed E-state index contributed by atoms with van der Waals surface area (Å²) >= 11 is 8.02. The monoisotopic (exact) mass is 266 g/mol. The number of nitrogens with one attached hydrogen (secondary N) is 1. The van der Waals surface area contributed by atoms with Crippen molar-refractivity contribution in [2.75, 3.05) is 7.05 Å². The van der Waals surface area contributed by atoms with Crippen LogP contribution in [0.15, 0.2) is 23.8 Å². The molecule has 0 amide bonds. The van der Waals surface area contributed by atoms with Crippen molar-refractivity contribution in [3.8, 4) is 0 Å². The number of thiophene rings is 1. The Bertz CT molecular complexity index is 522. The first-order valence-corrected chi connectivity index (χ1v) is 6.72. The molecule has 1 N–H and O–H groups in total. The van der Waals surface area contributed by atoms with Gasteiger partial charge in [-0.15, -0.1) is 11.3 Å². The standard InChI is InChI=1S/C13H15ClN2S/c1-8-4-5-16-6-10(8)12(15-3)13-11(14)9(2)7-17-13/h4-7,12,15H,1-3H3. The Kier molecular flexibility index (Phi) is 3.82. The minimum atomic E-state index is 0.120. The first-order valence-electron chi connectivity index (χ1n) is 5.46. The average molecular weight is 267 g/mol. The summed E-state index contributed by atoms with van der Waals surface area (Å²) in [5.74, 6) is 0. The Morgan fingerprint density at radius 3 is 2.65 bits per heavy atom. The van der Waals surface area contributed by atoms with E-state index >= 15 is 0 Å². The molecule has 0 spiro atoms. The van der Waals surface area contributed by atoms with Crippen LogP contribution in [-0.4, -0.2) is 12.0 Å². The third-order valence-corrected chi connectivity index (χ3v) is 4.65. The summed E-state index contributed by atoms with van der Waals surface area (Å²) in [6.07, 6.45) is 3.72. The van der Waals surface area contributed by atoms with Crippen LogP contribution in [-0.2, 0) is 0 Å². The third kappa shape index (κ3) is 2.37. The fourth-order valence-electron chi connectivity index (χ4n) is 1.85. The molecular weight excluding hydrogens is 252 g/mol. The molecule has 2 rings (SSSR count). The van der Waals surface area contributed by atoms with E-state index in [1.807, 2.05) is 32.4 Å². The van der Waals surface area contributed by atoms with E-state index in [2.05, 4.69) is 22.6 Å². The Hall–Kier alpha value is -0.900. The summed E-state index contributed by atoms with van der Waals surface area (Å²) in [4.78, 5) is 5.35. The van der Waals surface area contributed by atoms with E-state index in [4.69, 9.17) is 11.6 Å². The molecule has 2 nitrogen and oxygen atoms in total. The lowest BCUT2D eigenvalue weighted by atomic mass is 10.0. The molecule has 0 bridgehead atoms. The number of nitrogens with zero attached hydrogens (tertiary/aromatic N) is 1. The largest absolute Gasteiger partial charge is 0.309 e. The maximum atomic E-state index is 6.33. The molecule has 0 aromatic carbocycles. The van der Waals surface area contributed by atoms with Crippen LogP contribution in [0, 0.1) is 13.8 Å². The molecule has 0 saturated carbocycles. The van der Waals surface area contributed by atoms with Crippen LogP contribution in [0.2, 0.25) is 5.02 Å². The van der Waals surface area contributed by atoms with Gasteiger partial charge in [-0.1, -0.05) is 11.6 Å². The lowest BCUT2D eigenvalue weighted by Gasteiger charge is -2.17. The fraction of sp³-hybridized carbons (Fsp3) is 0.308. The summed E-state index contributed by atoms with van der Waals surface area (Å²) in [7, 11) is 1.95. The Morgan fingerprint density at radius 2 is 2.12 bits per heavy atom. The number of aryl methyl sites for hydroxylation is 2. The average Bonchev–Trinajstić information content (AvgIpc) is 2.65. The second-order valence-corrected chi connectivity index (χ2v) is 5.34. The van der Waals surface area contributed by atoms with Gasteiger partial charge in [0.2, 0.25) is 0 Å². The van der Waals surface area contributed by atoms with Crippen molar-refractivity contribution in [1.82, 2.24) is 10.3 Å². The predicted molar refractivity (Wildman–Crippen MR) is 73.9 cm³/mol. The topological polar surface area (TPSA) is 24.9 Å². The van der Waals surface area contributed by atoms with Gasteiger partial charge in [0.25, 0.3) is 0 Å². The molecule has 90 valence electrons. The zero-order chi connectivity index (χ0) is 12.4. The second-order valence-electron chi connectivity index (χ2n) is 4.05. The van der Waals surface area contributed by atoms with Gasteiger partial charge in [0.15, 0.2) is 0 Å². The van der Waals surface area contributed by atoms with Gasteiger partial charge in [-0.3, -0.25) is 4.98 Å². The van der Waals surface area contributed by atoms with E-state index < -0.39 is 0 Å². The first-order chi connectivity index (χ1) is 8.15. The molecule has 1 atom stereocenters. The molecule has 0 fully saturated rings. The normalized spacial score (nSPS) is 12.7. The summed E-state index contributed by atoms with van der Waals surface area (Å²) in [6.45, 7) is 4.13. The molecule has 4 heteroatoms. The lowest BCUT2D eigenvalue weighted by molar-refractivity contribution is 0.696. The molecule has 2 aromatic rings. The van der Waals surface area contributed by atoms with E-state index in [9.17, 15) is 0 Å². The second kappa shape index (κ2) is 5.17. The molecule has 0 saturated heterocycles. The maximum absolute atomic E-state index is 6.33. The van der Waals surface area contributed by atoms with E-state index in [1.165, 1.54) is 11.1 Å². The highest BCUT2D eigenvalue weighted by atomic mass is 35.5. The first kappa shape index (κ1) is 12.6. The van der Waals surface area contributed by atoms with Gasteiger partial charge in [0.05, 0.1) is 11.1 Å². The van der Waals surface area contributed by atoms with Gasteiger partial charge in [0, 0.05) is 17.3 Å². The van der Waals surface area contributed by atoms with Gasteiger partial charge in [-0.05, 0) is 49.0 Å². The van der Waals surface area contributed by atoms with Gasteiger partial charge in [-0.25, -0.2) is 0 Å². The highest BCUT2D eigenvalue weighted by molar-refractivity contribution is 7.10. The summed E-state index contributed by atoms with van der Waals surface area (Å²) in [6, 6.07) is 2.14. The number of hydrogen-bond acceptors (Lipinski definition) is 3. The Morgan fingerprint density at radius 1 is 1.35 bits per heavy atom. The summed E-state index contributed by atoms with van der Waals surface area (Å²) < 4.78 is 0. The zero-order valence-electron chi connectivity index (χ0n) is 10.1. The minimum Gasteiger partial charge on any atom is -0.309 e. The molecule has 0 aliphatic heterocycles. The van der Waals surface area contributed by atoms with Gasteiger partial charge < -0.3 is 5.32 Å². The van der Waals surface area contributed by atoms with Crippen molar-refractivity contribution in [1.29, 1.82) is 0 Å². The third-order valence-electron chi connectivity index (χ3n) is 2.87. The van der Waals surface area contributed by atoms with E-state index in [0.29, 0.717) is 0 Å². The van der Waals surface area contributed by atoms with Crippen molar-refractivity contribution < 1.29 is 0 Å². The van der Waals surface area contributed by atoms with E-state index in [-0.39, 0.29) is 6.04 Å². The van der Waals surface area contributed by atoms with Crippen LogP contribution in [0.1, 0.15) is 27.6 Å². The highest BCUT2D eigenvalue weighted by Crippen LogP contribution is 2.36. The molecule has 1 unspecified atom stereocenters. The van der Waals surface area contributed by atoms with Gasteiger partial charge in [0.1, 0.15) is 0 Å². The molecule has 0 aliphatic rings. The predicted octanol–water partition coefficient (Wildman–Crippen LogP) is 3.72. The maximum Gasteiger partial charge on any atom is 0.0701 e. The Labute approximate surface area is 111 Å². The van der Waals surface area contributed by atoms with Crippen LogP contribution in [0.5, 0.6) is 0 Å². The number of hydrogen-bond donors (Lipinski definition) is 1. The van der Waals surface area contributed by atoms with Crippen LogP contribution >= 0.6 is 22.9 Å². The molecule has 2 aromatic heterocycles. The summed E-state index contributed by atoms with van der Waals surface area (Å²) in [5.41, 5.74) is 3.54. The highest BCUT2D eigenvalue weighted by Gasteiger charge is 2.19. The number of pyridine rings is 1. The molecular formula is C13H15ClN2S. The van der Waals surface area contributed by atoms with Crippen LogP contribution in [0.25, 0.3) is 0 Å². The van der Waals surface area contributed by atoms with Crippen molar-refractivity contribution in [3.63, 3.8) is 0 Å². The van der Waals surface area contributed by atoms with Crippen molar-refractivity contribution in [2.45, 2.75) is 19.9 Å². The van der Waals surface area contributed by atoms with E-state index in [0.717, 1.165) is 15.5 Å². The van der Waals surface area contributed by atoms with Crippen molar-refractivity contribution in [3.05, 3.63) is 50.4 Å². The van der Waals surface area contributed by atoms with Crippen LogP contribution < -0.4 is 5.32 Å². The SMILES string of the molecule is CNC(c1cnccc1C)c1scc(C)c1Cl. The van der Waals surface area contributed by atoms with Gasteiger partial charge in [-0.2, -0.15) is 0 Å². The summed E-state index contributed by atoms with van der Waals surface area (Å²) in [5, 5.41) is 6.27. The van der Waals surface area contributed by atoms with Crippen LogP contribution in [0.4, 0.5) is 0 Å². The number of halogens is 1. The molecule has 17 heavy (non-hydrogen) atoms. The zero-order valence-corrected chi connectivity index (χ0v) is 11.7. The van der Waals surface area contributed by atoms with E-state index in [1.54, 1.807) is 11.3 Å². The van der Waals surface area contributed by atoms with Crippen molar-refractivity contribution >= 4 is 22.9 Å². The number of aromatic nitrogens is 1.